The number of benzene rings is 3. The third-order valence-corrected chi connectivity index (χ3v) is 4.90. The largest absolute Gasteiger partial charge is 0.483 e. The monoisotopic (exact) mass is 476 g/mol. The lowest BCUT2D eigenvalue weighted by molar-refractivity contribution is -0.123. The van der Waals surface area contributed by atoms with Crippen molar-refractivity contribution < 1.29 is 14.3 Å². The first-order valence-corrected chi connectivity index (χ1v) is 9.28. The second-order valence-electron chi connectivity index (χ2n) is 5.40. The molecule has 3 aromatic rings. The van der Waals surface area contributed by atoms with Gasteiger partial charge in [-0.1, -0.05) is 52.3 Å². The fourth-order valence-electron chi connectivity index (χ4n) is 2.33. The van der Waals surface area contributed by atoms with Crippen molar-refractivity contribution in [2.75, 3.05) is 6.61 Å². The van der Waals surface area contributed by atoms with Crippen LogP contribution in [0, 0.1) is 0 Å². The Kier molecular flexibility index (Phi) is 5.90. The van der Waals surface area contributed by atoms with E-state index in [1.165, 1.54) is 0 Å². The van der Waals surface area contributed by atoms with Crippen molar-refractivity contribution in [2.45, 2.75) is 0 Å². The molecule has 5 nitrogen and oxygen atoms in total. The van der Waals surface area contributed by atoms with E-state index in [-0.39, 0.29) is 6.61 Å². The lowest BCUT2D eigenvalue weighted by atomic mass is 10.1. The van der Waals surface area contributed by atoms with E-state index >= 15 is 0 Å². The van der Waals surface area contributed by atoms with Crippen LogP contribution < -0.4 is 15.6 Å². The summed E-state index contributed by atoms with van der Waals surface area (Å²) in [5, 5.41) is 2.06. The van der Waals surface area contributed by atoms with Gasteiger partial charge in [0.05, 0.1) is 4.47 Å². The quantitative estimate of drug-likeness (QED) is 0.553. The average molecular weight is 478 g/mol. The van der Waals surface area contributed by atoms with E-state index in [2.05, 4.69) is 42.7 Å². The molecule has 3 aromatic carbocycles. The van der Waals surface area contributed by atoms with E-state index in [9.17, 15) is 9.59 Å². The van der Waals surface area contributed by atoms with Crippen molar-refractivity contribution in [3.63, 3.8) is 0 Å². The SMILES string of the molecule is O=C(COc1ccc2ccccc2c1Br)NNC(=O)c1cccc(Br)c1. The zero-order chi connectivity index (χ0) is 18.5. The first-order valence-electron chi connectivity index (χ1n) is 7.69. The Bertz CT molecular complexity index is 976. The minimum Gasteiger partial charge on any atom is -0.483 e. The maximum atomic E-state index is 12.0. The van der Waals surface area contributed by atoms with E-state index in [1.807, 2.05) is 36.4 Å². The van der Waals surface area contributed by atoms with Gasteiger partial charge < -0.3 is 4.74 Å². The van der Waals surface area contributed by atoms with Gasteiger partial charge in [0.25, 0.3) is 11.8 Å². The van der Waals surface area contributed by atoms with Gasteiger partial charge >= 0.3 is 0 Å². The van der Waals surface area contributed by atoms with Crippen molar-refractivity contribution in [3.8, 4) is 5.75 Å². The Labute approximate surface area is 167 Å². The fraction of sp³-hybridized carbons (Fsp3) is 0.0526. The Balaban J connectivity index is 1.56. The zero-order valence-corrected chi connectivity index (χ0v) is 16.6. The van der Waals surface area contributed by atoms with Gasteiger partial charge in [0.2, 0.25) is 0 Å². The molecule has 0 aliphatic carbocycles. The molecule has 0 heterocycles. The van der Waals surface area contributed by atoms with Crippen molar-refractivity contribution in [1.29, 1.82) is 0 Å². The molecule has 2 N–H and O–H groups in total. The zero-order valence-electron chi connectivity index (χ0n) is 13.5. The smallest absolute Gasteiger partial charge is 0.276 e. The summed E-state index contributed by atoms with van der Waals surface area (Å²) in [4.78, 5) is 23.9. The second-order valence-corrected chi connectivity index (χ2v) is 7.11. The molecule has 0 bridgehead atoms. The minimum atomic E-state index is -0.464. The third-order valence-electron chi connectivity index (χ3n) is 3.59. The molecule has 2 amide bonds. The van der Waals surface area contributed by atoms with Crippen LogP contribution in [0.4, 0.5) is 0 Å². The van der Waals surface area contributed by atoms with Gasteiger partial charge in [0, 0.05) is 10.0 Å². The summed E-state index contributed by atoms with van der Waals surface area (Å²) in [5.74, 6) is -0.322. The van der Waals surface area contributed by atoms with Gasteiger partial charge in [-0.2, -0.15) is 0 Å². The maximum absolute atomic E-state index is 12.0. The molecule has 26 heavy (non-hydrogen) atoms. The van der Waals surface area contributed by atoms with Crippen LogP contribution in [0.3, 0.4) is 0 Å². The van der Waals surface area contributed by atoms with E-state index < -0.39 is 11.8 Å². The molecule has 0 spiro atoms. The number of nitrogens with one attached hydrogen (secondary N) is 2. The van der Waals surface area contributed by atoms with Crippen LogP contribution in [-0.2, 0) is 4.79 Å². The molecule has 0 aromatic heterocycles. The van der Waals surface area contributed by atoms with Gasteiger partial charge in [-0.25, -0.2) is 0 Å². The minimum absolute atomic E-state index is 0.226. The third kappa shape index (κ3) is 4.42. The van der Waals surface area contributed by atoms with Gasteiger partial charge in [0.15, 0.2) is 6.61 Å². The first-order chi connectivity index (χ1) is 12.5. The summed E-state index contributed by atoms with van der Waals surface area (Å²) >= 11 is 6.79. The molecule has 0 atom stereocenters. The highest BCUT2D eigenvalue weighted by molar-refractivity contribution is 9.11. The van der Waals surface area contributed by atoms with Crippen molar-refractivity contribution in [3.05, 3.63) is 75.2 Å². The summed E-state index contributed by atoms with van der Waals surface area (Å²) in [6.07, 6.45) is 0. The molecular formula is C19H14Br2N2O3. The second kappa shape index (κ2) is 8.33. The molecule has 132 valence electrons. The van der Waals surface area contributed by atoms with E-state index in [0.29, 0.717) is 11.3 Å². The van der Waals surface area contributed by atoms with Crippen LogP contribution in [0.5, 0.6) is 5.75 Å². The molecule has 0 aliphatic heterocycles. The number of fused-ring (bicyclic) bond motifs is 1. The number of hydrazine groups is 1. The Morgan fingerprint density at radius 2 is 1.73 bits per heavy atom. The highest BCUT2D eigenvalue weighted by Gasteiger charge is 2.10. The number of carbonyl (C=O) groups excluding carboxylic acids is 2. The number of ether oxygens (including phenoxy) is 1. The van der Waals surface area contributed by atoms with Crippen LogP contribution in [-0.4, -0.2) is 18.4 Å². The molecule has 7 heteroatoms. The van der Waals surface area contributed by atoms with Crippen molar-refractivity contribution in [1.82, 2.24) is 10.9 Å². The van der Waals surface area contributed by atoms with Crippen LogP contribution in [0.25, 0.3) is 10.8 Å². The molecule has 0 fully saturated rings. The van der Waals surface area contributed by atoms with E-state index in [0.717, 1.165) is 19.7 Å². The summed E-state index contributed by atoms with van der Waals surface area (Å²) in [6, 6.07) is 18.4. The molecular weight excluding hydrogens is 464 g/mol. The number of halogens is 2. The molecule has 0 saturated carbocycles. The van der Waals surface area contributed by atoms with Crippen molar-refractivity contribution in [2.24, 2.45) is 0 Å². The number of hydrogen-bond donors (Lipinski definition) is 2. The number of rotatable bonds is 4. The van der Waals surface area contributed by atoms with E-state index in [4.69, 9.17) is 4.74 Å². The number of hydrogen-bond acceptors (Lipinski definition) is 3. The summed E-state index contributed by atoms with van der Waals surface area (Å²) in [7, 11) is 0. The van der Waals surface area contributed by atoms with Gasteiger partial charge in [0.1, 0.15) is 5.75 Å². The first kappa shape index (κ1) is 18.4. The Morgan fingerprint density at radius 1 is 0.923 bits per heavy atom. The maximum Gasteiger partial charge on any atom is 0.276 e. The Hall–Kier alpha value is -2.38. The van der Waals surface area contributed by atoms with E-state index in [1.54, 1.807) is 24.3 Å². The normalized spacial score (nSPS) is 10.4. The van der Waals surface area contributed by atoms with Crippen molar-refractivity contribution >= 4 is 54.4 Å². The lowest BCUT2D eigenvalue weighted by Gasteiger charge is -2.11. The van der Waals surface area contributed by atoms with Gasteiger partial charge in [-0.3, -0.25) is 20.4 Å². The predicted octanol–water partition coefficient (Wildman–Crippen LogP) is 4.20. The highest BCUT2D eigenvalue weighted by Crippen LogP contribution is 2.32. The molecule has 3 rings (SSSR count). The summed E-state index contributed by atoms with van der Waals surface area (Å²) in [5.41, 5.74) is 5.12. The molecule has 0 saturated heterocycles. The lowest BCUT2D eigenvalue weighted by Crippen LogP contribution is -2.43. The fourth-order valence-corrected chi connectivity index (χ4v) is 3.34. The summed E-state index contributed by atoms with van der Waals surface area (Å²) < 4.78 is 7.10. The topological polar surface area (TPSA) is 67.4 Å². The standard InChI is InChI=1S/C19H14Br2N2O3/c20-14-6-3-5-13(10-14)19(25)23-22-17(24)11-26-16-9-8-12-4-1-2-7-15(12)18(16)21/h1-10H,11H2,(H,22,24)(H,23,25). The van der Waals surface area contributed by atoms with Gasteiger partial charge in [-0.15, -0.1) is 0 Å². The van der Waals surface area contributed by atoms with Gasteiger partial charge in [-0.05, 0) is 51.0 Å². The van der Waals surface area contributed by atoms with Crippen LogP contribution in [0.1, 0.15) is 10.4 Å². The molecule has 0 unspecified atom stereocenters. The number of amides is 2. The molecule has 0 aliphatic rings. The Morgan fingerprint density at radius 3 is 2.54 bits per heavy atom. The van der Waals surface area contributed by atoms with Crippen LogP contribution >= 0.6 is 31.9 Å². The molecule has 0 radical (unpaired) electrons. The average Bonchev–Trinajstić information content (AvgIpc) is 2.65. The van der Waals surface area contributed by atoms with Crippen LogP contribution in [0.2, 0.25) is 0 Å². The predicted molar refractivity (Wildman–Crippen MR) is 107 cm³/mol. The summed E-state index contributed by atoms with van der Waals surface area (Å²) in [6.45, 7) is -0.226. The highest BCUT2D eigenvalue weighted by atomic mass is 79.9. The van der Waals surface area contributed by atoms with Crippen LogP contribution in [0.15, 0.2) is 69.6 Å². The number of carbonyl (C=O) groups is 2.